The quantitative estimate of drug-likeness (QED) is 0.366. The number of unbranched alkanes of at least 4 members (excludes halogenated alkanes) is 1. The zero-order chi connectivity index (χ0) is 7.98. The third-order valence-corrected chi connectivity index (χ3v) is 1.49. The Morgan fingerprint density at radius 2 is 2.10 bits per heavy atom. The Kier molecular flexibility index (Phi) is 5.25. The summed E-state index contributed by atoms with van der Waals surface area (Å²) in [5.74, 6) is 0. The fraction of sp³-hybridized carbons (Fsp3) is 0.833. The van der Waals surface area contributed by atoms with Gasteiger partial charge < -0.3 is 16.3 Å². The molecule has 0 radical (unpaired) electrons. The molecule has 0 aromatic rings. The average Bonchev–Trinajstić information content (AvgIpc) is 1.88. The van der Waals surface area contributed by atoms with Gasteiger partial charge in [-0.1, -0.05) is 6.42 Å². The van der Waals surface area contributed by atoms with Gasteiger partial charge in [-0.25, -0.2) is 0 Å². The van der Waals surface area contributed by atoms with Crippen molar-refractivity contribution in [2.24, 2.45) is 11.5 Å². The van der Waals surface area contributed by atoms with Gasteiger partial charge in [0.2, 0.25) is 0 Å². The molecule has 0 heterocycles. The highest BCUT2D eigenvalue weighted by Gasteiger charge is 2.05. The van der Waals surface area contributed by atoms with Crippen molar-refractivity contribution in [2.45, 2.75) is 25.3 Å². The minimum atomic E-state index is -0.272. The minimum absolute atomic E-state index is 0.0667. The summed E-state index contributed by atoms with van der Waals surface area (Å²) in [4.78, 5) is 10.6. The summed E-state index contributed by atoms with van der Waals surface area (Å²) >= 11 is 0. The van der Waals surface area contributed by atoms with Crippen LogP contribution in [-0.2, 0) is 4.79 Å². The lowest BCUT2D eigenvalue weighted by atomic mass is 9.92. The van der Waals surface area contributed by atoms with Crippen LogP contribution in [0.3, 0.4) is 0 Å². The summed E-state index contributed by atoms with van der Waals surface area (Å²) in [5, 5.41) is 0. The maximum absolute atomic E-state index is 10.6. The molecule has 0 aliphatic rings. The van der Waals surface area contributed by atoms with Crippen LogP contribution in [0.5, 0.6) is 0 Å². The van der Waals surface area contributed by atoms with E-state index >= 15 is 0 Å². The molecule has 0 spiro atoms. The van der Waals surface area contributed by atoms with Crippen LogP contribution in [0.1, 0.15) is 19.3 Å². The van der Waals surface area contributed by atoms with Gasteiger partial charge in [-0.3, -0.25) is 0 Å². The van der Waals surface area contributed by atoms with Gasteiger partial charge in [-0.05, 0) is 19.4 Å². The van der Waals surface area contributed by atoms with Crippen molar-refractivity contribution in [3.63, 3.8) is 0 Å². The molecule has 3 nitrogen and oxygen atoms in total. The van der Waals surface area contributed by atoms with Crippen LogP contribution in [0.2, 0.25) is 0 Å². The Labute approximate surface area is 62.6 Å². The normalized spacial score (nSPS) is 13.0. The lowest BCUT2D eigenvalue weighted by Gasteiger charge is -2.05. The number of rotatable bonds is 5. The molecule has 0 aromatic heterocycles. The first-order valence-electron chi connectivity index (χ1n) is 3.64. The number of carbonyl (C=O) groups excluding carboxylic acids is 1. The van der Waals surface area contributed by atoms with Crippen LogP contribution < -0.4 is 11.5 Å². The van der Waals surface area contributed by atoms with Crippen LogP contribution in [0.4, 0.5) is 0 Å². The highest BCUT2D eigenvalue weighted by atomic mass is 16.1. The van der Waals surface area contributed by atoms with E-state index in [1.54, 1.807) is 0 Å². The third-order valence-electron chi connectivity index (χ3n) is 1.49. The van der Waals surface area contributed by atoms with E-state index in [1.165, 1.54) is 7.85 Å². The Morgan fingerprint density at radius 3 is 2.50 bits per heavy atom. The van der Waals surface area contributed by atoms with Gasteiger partial charge in [0.25, 0.3) is 0 Å². The molecule has 10 heavy (non-hydrogen) atoms. The molecule has 0 unspecified atom stereocenters. The van der Waals surface area contributed by atoms with Crippen molar-refractivity contribution < 1.29 is 4.79 Å². The number of carbonyl (C=O) groups is 1. The van der Waals surface area contributed by atoms with Crippen molar-refractivity contribution in [2.75, 3.05) is 6.54 Å². The van der Waals surface area contributed by atoms with Crippen molar-refractivity contribution in [1.29, 1.82) is 0 Å². The molecule has 0 saturated heterocycles. The summed E-state index contributed by atoms with van der Waals surface area (Å²) in [6.07, 6.45) is 2.69. The number of nitrogens with two attached hydrogens (primary N) is 2. The molecule has 0 saturated carbocycles. The maximum atomic E-state index is 10.6. The lowest BCUT2D eigenvalue weighted by Crippen LogP contribution is -2.30. The molecule has 0 fully saturated rings. The summed E-state index contributed by atoms with van der Waals surface area (Å²) in [5.41, 5.74) is 10.8. The van der Waals surface area contributed by atoms with E-state index in [0.29, 0.717) is 6.54 Å². The molecular formula is C6H15BN2O. The first-order chi connectivity index (χ1) is 4.68. The first-order valence-corrected chi connectivity index (χ1v) is 3.64. The third kappa shape index (κ3) is 4.53. The fourth-order valence-corrected chi connectivity index (χ4v) is 0.712. The second-order valence-corrected chi connectivity index (χ2v) is 2.50. The second-order valence-electron chi connectivity index (χ2n) is 2.50. The SMILES string of the molecule is BC(=O)[C@@H](N)CCCCN. The standard InChI is InChI=1S/C6H15BN2O/c7-6(10)5(9)3-1-2-4-8/h5H,1-4,7-9H2/t5-/m0/s1. The fourth-order valence-electron chi connectivity index (χ4n) is 0.712. The summed E-state index contributed by atoms with van der Waals surface area (Å²) < 4.78 is 0. The van der Waals surface area contributed by atoms with E-state index in [9.17, 15) is 4.79 Å². The van der Waals surface area contributed by atoms with Crippen molar-refractivity contribution in [1.82, 2.24) is 0 Å². The van der Waals surface area contributed by atoms with Crippen molar-refractivity contribution >= 4 is 13.5 Å². The summed E-state index contributed by atoms with van der Waals surface area (Å²) in [6.45, 7) is 0.685. The van der Waals surface area contributed by atoms with E-state index in [4.69, 9.17) is 11.5 Å². The average molecular weight is 142 g/mol. The smallest absolute Gasteiger partial charge is 0.189 e. The Bertz CT molecular complexity index is 108. The van der Waals surface area contributed by atoms with E-state index in [-0.39, 0.29) is 11.7 Å². The summed E-state index contributed by atoms with van der Waals surface area (Å²) in [7, 11) is 1.52. The van der Waals surface area contributed by atoms with Crippen LogP contribution in [-0.4, -0.2) is 26.1 Å². The minimum Gasteiger partial charge on any atom is -0.330 e. The molecule has 4 N–H and O–H groups in total. The Hall–Kier alpha value is -0.345. The van der Waals surface area contributed by atoms with Crippen LogP contribution in [0.25, 0.3) is 0 Å². The molecule has 58 valence electrons. The van der Waals surface area contributed by atoms with E-state index in [1.807, 2.05) is 0 Å². The number of hydrogen-bond donors (Lipinski definition) is 2. The summed E-state index contributed by atoms with van der Waals surface area (Å²) in [6, 6.07) is -0.272. The predicted molar refractivity (Wildman–Crippen MR) is 44.4 cm³/mol. The monoisotopic (exact) mass is 142 g/mol. The Balaban J connectivity index is 3.21. The van der Waals surface area contributed by atoms with Crippen molar-refractivity contribution in [3.8, 4) is 0 Å². The maximum Gasteiger partial charge on any atom is 0.189 e. The van der Waals surface area contributed by atoms with E-state index in [0.717, 1.165) is 19.3 Å². The molecule has 0 amide bonds. The molecule has 4 heteroatoms. The predicted octanol–water partition coefficient (Wildman–Crippen LogP) is -1.40. The molecule has 0 bridgehead atoms. The van der Waals surface area contributed by atoms with E-state index < -0.39 is 0 Å². The molecule has 0 aromatic carbocycles. The van der Waals surface area contributed by atoms with Gasteiger partial charge in [0.15, 0.2) is 7.85 Å². The van der Waals surface area contributed by atoms with Gasteiger partial charge in [0, 0.05) is 0 Å². The largest absolute Gasteiger partial charge is 0.330 e. The topological polar surface area (TPSA) is 69.1 Å². The highest BCUT2D eigenvalue weighted by Crippen LogP contribution is 1.96. The zero-order valence-corrected chi connectivity index (χ0v) is 6.47. The molecular weight excluding hydrogens is 127 g/mol. The zero-order valence-electron chi connectivity index (χ0n) is 6.47. The van der Waals surface area contributed by atoms with Gasteiger partial charge in [-0.2, -0.15) is 0 Å². The molecule has 0 rings (SSSR count). The van der Waals surface area contributed by atoms with Crippen LogP contribution in [0, 0.1) is 0 Å². The van der Waals surface area contributed by atoms with Gasteiger partial charge >= 0.3 is 0 Å². The van der Waals surface area contributed by atoms with Crippen LogP contribution >= 0.6 is 0 Å². The first kappa shape index (κ1) is 9.65. The molecule has 0 aliphatic carbocycles. The van der Waals surface area contributed by atoms with Gasteiger partial charge in [-0.15, -0.1) is 0 Å². The van der Waals surface area contributed by atoms with Gasteiger partial charge in [0.05, 0.1) is 11.7 Å². The highest BCUT2D eigenvalue weighted by molar-refractivity contribution is 6.59. The second kappa shape index (κ2) is 5.44. The number of hydrogen-bond acceptors (Lipinski definition) is 3. The Morgan fingerprint density at radius 1 is 1.50 bits per heavy atom. The lowest BCUT2D eigenvalue weighted by molar-refractivity contribution is -0.113. The van der Waals surface area contributed by atoms with E-state index in [2.05, 4.69) is 0 Å². The molecule has 1 atom stereocenters. The van der Waals surface area contributed by atoms with Crippen molar-refractivity contribution in [3.05, 3.63) is 0 Å². The van der Waals surface area contributed by atoms with Crippen LogP contribution in [0.15, 0.2) is 0 Å². The van der Waals surface area contributed by atoms with Gasteiger partial charge in [0.1, 0.15) is 0 Å². The molecule has 0 aliphatic heterocycles.